The minimum Gasteiger partial charge on any atom is -0.496 e. The van der Waals surface area contributed by atoms with Crippen molar-refractivity contribution >= 4 is 5.91 Å². The number of carbonyl (C=O) groups excluding carboxylic acids is 1. The molecule has 0 aliphatic rings. The second kappa shape index (κ2) is 5.57. The van der Waals surface area contributed by atoms with Crippen molar-refractivity contribution in [1.29, 1.82) is 0 Å². The van der Waals surface area contributed by atoms with Gasteiger partial charge in [0.2, 0.25) is 0 Å². The van der Waals surface area contributed by atoms with Crippen LogP contribution in [0.2, 0.25) is 0 Å². The van der Waals surface area contributed by atoms with Crippen LogP contribution in [0.25, 0.3) is 0 Å². The van der Waals surface area contributed by atoms with Crippen molar-refractivity contribution < 1.29 is 14.3 Å². The zero-order valence-corrected chi connectivity index (χ0v) is 11.0. The van der Waals surface area contributed by atoms with Crippen molar-refractivity contribution in [1.82, 2.24) is 4.90 Å². The molecule has 4 nitrogen and oxygen atoms in total. The quantitative estimate of drug-likeness (QED) is 0.805. The van der Waals surface area contributed by atoms with E-state index >= 15 is 0 Å². The van der Waals surface area contributed by atoms with Gasteiger partial charge in [-0.1, -0.05) is 0 Å². The Bertz CT molecular complexity index is 390. The molecule has 0 unspecified atom stereocenters. The largest absolute Gasteiger partial charge is 0.496 e. The van der Waals surface area contributed by atoms with Gasteiger partial charge in [-0.25, -0.2) is 0 Å². The van der Waals surface area contributed by atoms with Gasteiger partial charge in [-0.15, -0.1) is 0 Å². The maximum absolute atomic E-state index is 12.0. The summed E-state index contributed by atoms with van der Waals surface area (Å²) in [6.07, 6.45) is 0. The molecule has 0 aromatic heterocycles. The number of rotatable bonds is 4. The van der Waals surface area contributed by atoms with E-state index in [1.807, 2.05) is 13.8 Å². The molecule has 0 aliphatic carbocycles. The van der Waals surface area contributed by atoms with Crippen LogP contribution in [0.15, 0.2) is 12.1 Å². The van der Waals surface area contributed by atoms with E-state index in [0.717, 1.165) is 5.56 Å². The van der Waals surface area contributed by atoms with Gasteiger partial charge < -0.3 is 14.4 Å². The van der Waals surface area contributed by atoms with E-state index in [9.17, 15) is 4.79 Å². The van der Waals surface area contributed by atoms with Crippen molar-refractivity contribution in [2.75, 3.05) is 27.8 Å². The number of hydrogen-bond acceptors (Lipinski definition) is 3. The second-order valence-corrected chi connectivity index (χ2v) is 3.83. The Morgan fingerprint density at radius 2 is 1.71 bits per heavy atom. The normalized spacial score (nSPS) is 9.94. The highest BCUT2D eigenvalue weighted by Gasteiger charge is 2.15. The third-order valence-electron chi connectivity index (χ3n) is 2.82. The van der Waals surface area contributed by atoms with E-state index in [-0.39, 0.29) is 5.91 Å². The molecular weight excluding hydrogens is 218 g/mol. The van der Waals surface area contributed by atoms with Crippen LogP contribution in [-0.2, 0) is 0 Å². The summed E-state index contributed by atoms with van der Waals surface area (Å²) in [4.78, 5) is 13.7. The number of ether oxygens (including phenoxy) is 2. The predicted molar refractivity (Wildman–Crippen MR) is 66.9 cm³/mol. The number of hydrogen-bond donors (Lipinski definition) is 0. The summed E-state index contributed by atoms with van der Waals surface area (Å²) >= 11 is 0. The van der Waals surface area contributed by atoms with E-state index < -0.39 is 0 Å². The maximum Gasteiger partial charge on any atom is 0.253 e. The van der Waals surface area contributed by atoms with Gasteiger partial charge >= 0.3 is 0 Å². The van der Waals surface area contributed by atoms with Gasteiger partial charge in [0.1, 0.15) is 11.5 Å². The third kappa shape index (κ3) is 2.70. The highest BCUT2D eigenvalue weighted by Crippen LogP contribution is 2.29. The summed E-state index contributed by atoms with van der Waals surface area (Å²) in [6, 6.07) is 3.48. The first-order valence-electron chi connectivity index (χ1n) is 5.53. The summed E-state index contributed by atoms with van der Waals surface area (Å²) in [5, 5.41) is 0. The lowest BCUT2D eigenvalue weighted by Gasteiger charge is -2.17. The molecule has 94 valence electrons. The summed E-state index contributed by atoms with van der Waals surface area (Å²) in [7, 11) is 4.93. The lowest BCUT2D eigenvalue weighted by atomic mass is 10.1. The first-order chi connectivity index (χ1) is 8.04. The number of nitrogens with zero attached hydrogens (tertiary/aromatic N) is 1. The first kappa shape index (κ1) is 13.4. The summed E-state index contributed by atoms with van der Waals surface area (Å²) in [6.45, 7) is 4.49. The molecule has 0 spiro atoms. The van der Waals surface area contributed by atoms with Crippen LogP contribution in [0, 0.1) is 6.92 Å². The van der Waals surface area contributed by atoms with Gasteiger partial charge in [-0.05, 0) is 26.0 Å². The SMILES string of the molecule is CCN(C)C(=O)c1cc(OC)c(C)c(OC)c1. The van der Waals surface area contributed by atoms with Crippen LogP contribution in [-0.4, -0.2) is 38.6 Å². The zero-order valence-electron chi connectivity index (χ0n) is 11.0. The number of amides is 1. The Kier molecular flexibility index (Phi) is 4.37. The molecule has 4 heteroatoms. The van der Waals surface area contributed by atoms with Crippen LogP contribution < -0.4 is 9.47 Å². The molecule has 0 fully saturated rings. The molecule has 0 atom stereocenters. The number of methoxy groups -OCH3 is 2. The zero-order chi connectivity index (χ0) is 13.0. The van der Waals surface area contributed by atoms with Crippen molar-refractivity contribution in [3.8, 4) is 11.5 Å². The van der Waals surface area contributed by atoms with Crippen molar-refractivity contribution in [3.63, 3.8) is 0 Å². The molecular formula is C13H19NO3. The Morgan fingerprint density at radius 1 is 1.24 bits per heavy atom. The fourth-order valence-electron chi connectivity index (χ4n) is 1.57. The summed E-state index contributed by atoms with van der Waals surface area (Å²) in [5.41, 5.74) is 1.47. The van der Waals surface area contributed by atoms with Crippen LogP contribution in [0.3, 0.4) is 0 Å². The molecule has 0 N–H and O–H groups in total. The van der Waals surface area contributed by atoms with Gasteiger partial charge in [-0.3, -0.25) is 4.79 Å². The van der Waals surface area contributed by atoms with E-state index in [2.05, 4.69) is 0 Å². The van der Waals surface area contributed by atoms with Crippen molar-refractivity contribution in [2.45, 2.75) is 13.8 Å². The smallest absolute Gasteiger partial charge is 0.253 e. The Hall–Kier alpha value is -1.71. The molecule has 0 heterocycles. The minimum absolute atomic E-state index is 0.0379. The predicted octanol–water partition coefficient (Wildman–Crippen LogP) is 2.10. The molecule has 0 bridgehead atoms. The molecule has 0 saturated heterocycles. The Balaban J connectivity index is 3.22. The van der Waals surface area contributed by atoms with Gasteiger partial charge in [0, 0.05) is 24.7 Å². The summed E-state index contributed by atoms with van der Waals surface area (Å²) in [5.74, 6) is 1.29. The van der Waals surface area contributed by atoms with Crippen molar-refractivity contribution in [2.24, 2.45) is 0 Å². The number of carbonyl (C=O) groups is 1. The third-order valence-corrected chi connectivity index (χ3v) is 2.82. The van der Waals surface area contributed by atoms with Gasteiger partial charge in [0.15, 0.2) is 0 Å². The van der Waals surface area contributed by atoms with Crippen LogP contribution in [0.1, 0.15) is 22.8 Å². The van der Waals surface area contributed by atoms with Gasteiger partial charge in [0.25, 0.3) is 5.91 Å². The van der Waals surface area contributed by atoms with Crippen LogP contribution in [0.4, 0.5) is 0 Å². The lowest BCUT2D eigenvalue weighted by Crippen LogP contribution is -2.26. The van der Waals surface area contributed by atoms with Crippen LogP contribution >= 0.6 is 0 Å². The lowest BCUT2D eigenvalue weighted by molar-refractivity contribution is 0.0801. The van der Waals surface area contributed by atoms with E-state index in [1.54, 1.807) is 38.3 Å². The number of benzene rings is 1. The maximum atomic E-state index is 12.0. The standard InChI is InChI=1S/C13H19NO3/c1-6-14(3)13(15)10-7-11(16-4)9(2)12(8-10)17-5/h7-8H,6H2,1-5H3. The molecule has 1 aromatic carbocycles. The molecule has 1 amide bonds. The van der Waals surface area contributed by atoms with E-state index in [1.165, 1.54) is 0 Å². The molecule has 17 heavy (non-hydrogen) atoms. The average Bonchev–Trinajstić information content (AvgIpc) is 2.37. The second-order valence-electron chi connectivity index (χ2n) is 3.83. The van der Waals surface area contributed by atoms with Crippen LogP contribution in [0.5, 0.6) is 11.5 Å². The summed E-state index contributed by atoms with van der Waals surface area (Å²) < 4.78 is 10.5. The van der Waals surface area contributed by atoms with E-state index in [0.29, 0.717) is 23.6 Å². The van der Waals surface area contributed by atoms with E-state index in [4.69, 9.17) is 9.47 Å². The highest BCUT2D eigenvalue weighted by molar-refractivity contribution is 5.95. The molecule has 0 radical (unpaired) electrons. The Labute approximate surface area is 102 Å². The first-order valence-corrected chi connectivity index (χ1v) is 5.53. The minimum atomic E-state index is -0.0379. The molecule has 0 saturated carbocycles. The monoisotopic (exact) mass is 237 g/mol. The topological polar surface area (TPSA) is 38.8 Å². The molecule has 1 aromatic rings. The molecule has 1 rings (SSSR count). The van der Waals surface area contributed by atoms with Crippen molar-refractivity contribution in [3.05, 3.63) is 23.3 Å². The average molecular weight is 237 g/mol. The fraction of sp³-hybridized carbons (Fsp3) is 0.462. The highest BCUT2D eigenvalue weighted by atomic mass is 16.5. The van der Waals surface area contributed by atoms with Gasteiger partial charge in [-0.2, -0.15) is 0 Å². The van der Waals surface area contributed by atoms with Gasteiger partial charge in [0.05, 0.1) is 14.2 Å². The molecule has 0 aliphatic heterocycles. The Morgan fingerprint density at radius 3 is 2.06 bits per heavy atom. The fourth-order valence-corrected chi connectivity index (χ4v) is 1.57.